The predicted octanol–water partition coefficient (Wildman–Crippen LogP) is 4.60. The number of rotatable bonds is 7. The number of thioether (sulfide) groups is 2. The first-order chi connectivity index (χ1) is 11.7. The lowest BCUT2D eigenvalue weighted by Crippen LogP contribution is -2.26. The molecular weight excluding hydrogens is 360 g/mol. The molecule has 0 bridgehead atoms. The Morgan fingerprint density at radius 3 is 2.83 bits per heavy atom. The second-order valence-corrected chi connectivity index (χ2v) is 7.32. The van der Waals surface area contributed by atoms with Gasteiger partial charge in [0.1, 0.15) is 0 Å². The summed E-state index contributed by atoms with van der Waals surface area (Å²) in [4.78, 5) is 13.2. The molecule has 24 heavy (non-hydrogen) atoms. The zero-order valence-electron chi connectivity index (χ0n) is 13.2. The minimum absolute atomic E-state index is 0.158. The van der Waals surface area contributed by atoms with Crippen molar-refractivity contribution in [3.63, 3.8) is 0 Å². The monoisotopic (exact) mass is 376 g/mol. The lowest BCUT2D eigenvalue weighted by atomic mass is 10.1. The highest BCUT2D eigenvalue weighted by molar-refractivity contribution is 7.98. The van der Waals surface area contributed by atoms with E-state index in [9.17, 15) is 4.79 Å². The van der Waals surface area contributed by atoms with E-state index >= 15 is 0 Å². The number of nitrogens with one attached hydrogen (secondary N) is 1. The largest absolute Gasteiger partial charge is 0.351 e. The Bertz CT molecular complexity index is 759. The van der Waals surface area contributed by atoms with Crippen molar-refractivity contribution in [3.05, 3.63) is 64.2 Å². The van der Waals surface area contributed by atoms with Gasteiger partial charge >= 0.3 is 0 Å². The molecule has 0 heterocycles. The van der Waals surface area contributed by atoms with Crippen LogP contribution >= 0.6 is 35.1 Å². The zero-order valence-corrected chi connectivity index (χ0v) is 15.6. The molecule has 0 aliphatic heterocycles. The van der Waals surface area contributed by atoms with E-state index in [2.05, 4.69) is 11.4 Å². The van der Waals surface area contributed by atoms with Crippen LogP contribution in [0.25, 0.3) is 0 Å². The highest BCUT2D eigenvalue weighted by Gasteiger charge is 2.10. The van der Waals surface area contributed by atoms with E-state index in [0.29, 0.717) is 22.7 Å². The summed E-state index contributed by atoms with van der Waals surface area (Å²) in [6.45, 7) is 0.554. The maximum atomic E-state index is 12.2. The second kappa shape index (κ2) is 9.63. The molecule has 0 fully saturated rings. The first kappa shape index (κ1) is 18.7. The van der Waals surface area contributed by atoms with Crippen LogP contribution in [-0.4, -0.2) is 24.5 Å². The van der Waals surface area contributed by atoms with Gasteiger partial charge in [-0.15, -0.1) is 11.8 Å². The summed E-state index contributed by atoms with van der Waals surface area (Å²) < 4.78 is 0. The van der Waals surface area contributed by atoms with E-state index in [0.717, 1.165) is 22.0 Å². The Morgan fingerprint density at radius 2 is 2.08 bits per heavy atom. The molecule has 0 radical (unpaired) electrons. The van der Waals surface area contributed by atoms with Crippen molar-refractivity contribution in [3.8, 4) is 6.07 Å². The molecule has 0 aromatic heterocycles. The number of halogens is 1. The van der Waals surface area contributed by atoms with Crippen LogP contribution in [0.1, 0.15) is 21.5 Å². The molecule has 2 aromatic rings. The minimum Gasteiger partial charge on any atom is -0.351 e. The number of carbonyl (C=O) groups is 1. The smallest absolute Gasteiger partial charge is 0.252 e. The number of nitrogens with zero attached hydrogens (tertiary/aromatic N) is 1. The second-order valence-electron chi connectivity index (χ2n) is 4.92. The number of hydrogen-bond acceptors (Lipinski definition) is 4. The number of hydrogen-bond donors (Lipinski definition) is 1. The summed E-state index contributed by atoms with van der Waals surface area (Å²) in [5.74, 6) is 1.36. The van der Waals surface area contributed by atoms with Crippen molar-refractivity contribution in [2.24, 2.45) is 0 Å². The number of amides is 1. The minimum atomic E-state index is -0.158. The van der Waals surface area contributed by atoms with Gasteiger partial charge < -0.3 is 5.32 Å². The van der Waals surface area contributed by atoms with Crippen LogP contribution in [0.15, 0.2) is 47.4 Å². The van der Waals surface area contributed by atoms with E-state index in [1.165, 1.54) is 0 Å². The summed E-state index contributed by atoms with van der Waals surface area (Å²) in [5.41, 5.74) is 2.23. The van der Waals surface area contributed by atoms with Crippen molar-refractivity contribution in [1.29, 1.82) is 5.26 Å². The van der Waals surface area contributed by atoms with Crippen LogP contribution in [0.5, 0.6) is 0 Å². The molecule has 2 rings (SSSR count). The average Bonchev–Trinajstić information content (AvgIpc) is 2.62. The molecule has 0 atom stereocenters. The van der Waals surface area contributed by atoms with Gasteiger partial charge in [-0.05, 0) is 36.1 Å². The van der Waals surface area contributed by atoms with Crippen molar-refractivity contribution >= 4 is 41.0 Å². The molecule has 124 valence electrons. The van der Waals surface area contributed by atoms with Crippen LogP contribution in [0.3, 0.4) is 0 Å². The quantitative estimate of drug-likeness (QED) is 0.567. The normalized spacial score (nSPS) is 10.2. The van der Waals surface area contributed by atoms with E-state index < -0.39 is 0 Å². The Morgan fingerprint density at radius 1 is 1.29 bits per heavy atom. The standard InChI is InChI=1S/C18H17ClN2OS2/c1-23-15-6-7-17(19)16(10-15)18(22)21-8-9-24-12-14-5-3-2-4-13(14)11-20/h2-7,10H,8-9,12H2,1H3,(H,21,22). The Balaban J connectivity index is 1.80. The maximum absolute atomic E-state index is 12.2. The van der Waals surface area contributed by atoms with Crippen LogP contribution in [0.2, 0.25) is 5.02 Å². The number of benzene rings is 2. The summed E-state index contributed by atoms with van der Waals surface area (Å²) in [5, 5.41) is 12.4. The lowest BCUT2D eigenvalue weighted by molar-refractivity contribution is 0.0956. The topological polar surface area (TPSA) is 52.9 Å². The van der Waals surface area contributed by atoms with Gasteiger partial charge in [0, 0.05) is 22.9 Å². The van der Waals surface area contributed by atoms with Crippen LogP contribution in [0, 0.1) is 11.3 Å². The fourth-order valence-corrected chi connectivity index (χ4v) is 3.58. The van der Waals surface area contributed by atoms with Crippen molar-refractivity contribution in [1.82, 2.24) is 5.32 Å². The molecule has 1 N–H and O–H groups in total. The van der Waals surface area contributed by atoms with Crippen molar-refractivity contribution in [2.45, 2.75) is 10.6 Å². The van der Waals surface area contributed by atoms with Gasteiger partial charge in [0.15, 0.2) is 0 Å². The summed E-state index contributed by atoms with van der Waals surface area (Å²) >= 11 is 9.35. The van der Waals surface area contributed by atoms with Crippen LogP contribution in [0.4, 0.5) is 0 Å². The molecule has 0 aliphatic rings. The molecule has 0 saturated heterocycles. The lowest BCUT2D eigenvalue weighted by Gasteiger charge is -2.08. The molecule has 2 aromatic carbocycles. The van der Waals surface area contributed by atoms with Crippen molar-refractivity contribution in [2.75, 3.05) is 18.6 Å². The molecule has 6 heteroatoms. The van der Waals surface area contributed by atoms with E-state index in [1.807, 2.05) is 36.6 Å². The molecule has 0 unspecified atom stereocenters. The Hall–Kier alpha value is -1.61. The molecule has 0 aliphatic carbocycles. The average molecular weight is 377 g/mol. The molecule has 0 saturated carbocycles. The molecular formula is C18H17ClN2OS2. The Labute approximate surface area is 155 Å². The number of carbonyl (C=O) groups excluding carboxylic acids is 1. The fourth-order valence-electron chi connectivity index (χ4n) is 2.07. The first-order valence-corrected chi connectivity index (χ1v) is 10.1. The van der Waals surface area contributed by atoms with Gasteiger partial charge in [-0.3, -0.25) is 4.79 Å². The fraction of sp³-hybridized carbons (Fsp3) is 0.222. The first-order valence-electron chi connectivity index (χ1n) is 7.33. The summed E-state index contributed by atoms with van der Waals surface area (Å²) in [6.07, 6.45) is 1.96. The Kier molecular flexibility index (Phi) is 7.51. The number of nitriles is 1. The van der Waals surface area contributed by atoms with Crippen LogP contribution in [-0.2, 0) is 5.75 Å². The molecule has 0 spiro atoms. The third kappa shape index (κ3) is 5.20. The summed E-state index contributed by atoms with van der Waals surface area (Å²) in [7, 11) is 0. The summed E-state index contributed by atoms with van der Waals surface area (Å²) in [6, 6.07) is 15.2. The van der Waals surface area contributed by atoms with Gasteiger partial charge in [-0.1, -0.05) is 29.8 Å². The molecule has 3 nitrogen and oxygen atoms in total. The van der Waals surface area contributed by atoms with Gasteiger partial charge in [0.25, 0.3) is 5.91 Å². The SMILES string of the molecule is CSc1ccc(Cl)c(C(=O)NCCSCc2ccccc2C#N)c1. The van der Waals surface area contributed by atoms with E-state index in [4.69, 9.17) is 16.9 Å². The predicted molar refractivity (Wildman–Crippen MR) is 103 cm³/mol. The highest BCUT2D eigenvalue weighted by atomic mass is 35.5. The molecule has 1 amide bonds. The van der Waals surface area contributed by atoms with Gasteiger partial charge in [-0.2, -0.15) is 17.0 Å². The van der Waals surface area contributed by atoms with Gasteiger partial charge in [0.2, 0.25) is 0 Å². The van der Waals surface area contributed by atoms with Gasteiger partial charge in [0.05, 0.1) is 22.2 Å². The van der Waals surface area contributed by atoms with E-state index in [-0.39, 0.29) is 5.91 Å². The van der Waals surface area contributed by atoms with Crippen molar-refractivity contribution < 1.29 is 4.79 Å². The van der Waals surface area contributed by atoms with Gasteiger partial charge in [-0.25, -0.2) is 0 Å². The third-order valence-corrected chi connectivity index (χ3v) is 5.41. The van der Waals surface area contributed by atoms with E-state index in [1.54, 1.807) is 35.7 Å². The third-order valence-electron chi connectivity index (χ3n) is 3.35. The van der Waals surface area contributed by atoms with Crippen LogP contribution < -0.4 is 5.32 Å². The zero-order chi connectivity index (χ0) is 17.4. The highest BCUT2D eigenvalue weighted by Crippen LogP contribution is 2.23. The maximum Gasteiger partial charge on any atom is 0.252 e.